The van der Waals surface area contributed by atoms with Gasteiger partial charge in [0.15, 0.2) is 5.76 Å². The Bertz CT molecular complexity index is 663. The number of aliphatic hydroxyl groups excluding tert-OH is 1. The zero-order valence-corrected chi connectivity index (χ0v) is 13.8. The zero-order chi connectivity index (χ0) is 17.5. The number of hydrogen-bond acceptors (Lipinski definition) is 4. The Morgan fingerprint density at radius 2 is 1.83 bits per heavy atom. The van der Waals surface area contributed by atoms with Gasteiger partial charge in [0.2, 0.25) is 0 Å². The number of furan rings is 1. The van der Waals surface area contributed by atoms with Crippen LogP contribution >= 0.6 is 0 Å². The number of hydrogen-bond donors (Lipinski definition) is 3. The molecule has 128 valence electrons. The van der Waals surface area contributed by atoms with Crippen molar-refractivity contribution in [2.45, 2.75) is 26.4 Å². The fourth-order valence-electron chi connectivity index (χ4n) is 2.34. The van der Waals surface area contributed by atoms with Crippen molar-refractivity contribution < 1.29 is 19.1 Å². The molecule has 2 unspecified atom stereocenters. The van der Waals surface area contributed by atoms with Gasteiger partial charge in [-0.1, -0.05) is 6.92 Å². The minimum absolute atomic E-state index is 0.184. The molecule has 2 rings (SSSR count). The summed E-state index contributed by atoms with van der Waals surface area (Å²) in [5.41, 5.74) is 1.09. The lowest BCUT2D eigenvalue weighted by molar-refractivity contribution is 0.0939. The van der Waals surface area contributed by atoms with Gasteiger partial charge in [-0.15, -0.1) is 0 Å². The predicted octanol–water partition coefficient (Wildman–Crippen LogP) is 2.67. The maximum Gasteiger partial charge on any atom is 0.291 e. The lowest BCUT2D eigenvalue weighted by Crippen LogP contribution is -2.29. The van der Waals surface area contributed by atoms with Gasteiger partial charge in [-0.05, 0) is 55.7 Å². The standard InChI is InChI=1S/C18H22N2O4/c1-12(10-13(2)21)11-19-17(22)14-5-7-15(8-6-14)20-18(23)16-4-3-9-24-16/h3-9,12-13,21H,10-11H2,1-2H3,(H,19,22)(H,20,23). The molecule has 0 radical (unpaired) electrons. The Hall–Kier alpha value is -2.60. The summed E-state index contributed by atoms with van der Waals surface area (Å²) >= 11 is 0. The van der Waals surface area contributed by atoms with Gasteiger partial charge in [-0.2, -0.15) is 0 Å². The molecule has 0 aliphatic heterocycles. The number of aliphatic hydroxyl groups is 1. The second kappa shape index (κ2) is 8.31. The first kappa shape index (κ1) is 17.7. The summed E-state index contributed by atoms with van der Waals surface area (Å²) in [6.07, 6.45) is 1.69. The van der Waals surface area contributed by atoms with E-state index in [4.69, 9.17) is 4.42 Å². The Kier molecular flexibility index (Phi) is 6.14. The van der Waals surface area contributed by atoms with Gasteiger partial charge < -0.3 is 20.2 Å². The summed E-state index contributed by atoms with van der Waals surface area (Å²) in [4.78, 5) is 23.9. The lowest BCUT2D eigenvalue weighted by atomic mass is 10.0. The Labute approximate surface area is 140 Å². The highest BCUT2D eigenvalue weighted by atomic mass is 16.3. The molecule has 0 saturated carbocycles. The van der Waals surface area contributed by atoms with Crippen LogP contribution in [0.1, 0.15) is 41.2 Å². The first-order valence-electron chi connectivity index (χ1n) is 7.87. The summed E-state index contributed by atoms with van der Waals surface area (Å²) in [6.45, 7) is 4.20. The second-order valence-electron chi connectivity index (χ2n) is 5.91. The predicted molar refractivity (Wildman–Crippen MR) is 90.9 cm³/mol. The fourth-order valence-corrected chi connectivity index (χ4v) is 2.34. The lowest BCUT2D eigenvalue weighted by Gasteiger charge is -2.14. The normalized spacial score (nSPS) is 13.1. The van der Waals surface area contributed by atoms with Crippen molar-refractivity contribution >= 4 is 17.5 Å². The average Bonchev–Trinajstić information content (AvgIpc) is 3.07. The van der Waals surface area contributed by atoms with E-state index >= 15 is 0 Å². The van der Waals surface area contributed by atoms with Gasteiger partial charge in [0.1, 0.15) is 0 Å². The van der Waals surface area contributed by atoms with Crippen LogP contribution in [0.25, 0.3) is 0 Å². The molecule has 6 heteroatoms. The Balaban J connectivity index is 1.87. The summed E-state index contributed by atoms with van der Waals surface area (Å²) in [5, 5.41) is 14.8. The van der Waals surface area contributed by atoms with E-state index in [1.165, 1.54) is 6.26 Å². The first-order valence-corrected chi connectivity index (χ1v) is 7.87. The van der Waals surface area contributed by atoms with Crippen molar-refractivity contribution in [3.63, 3.8) is 0 Å². The third kappa shape index (κ3) is 5.24. The van der Waals surface area contributed by atoms with Crippen LogP contribution < -0.4 is 10.6 Å². The highest BCUT2D eigenvalue weighted by Gasteiger charge is 2.11. The first-order chi connectivity index (χ1) is 11.5. The van der Waals surface area contributed by atoms with Crippen LogP contribution in [0.5, 0.6) is 0 Å². The van der Waals surface area contributed by atoms with Crippen molar-refractivity contribution in [1.82, 2.24) is 5.32 Å². The molecular formula is C18H22N2O4. The number of carbonyl (C=O) groups excluding carboxylic acids is 2. The maximum atomic E-state index is 12.1. The van der Waals surface area contributed by atoms with E-state index in [2.05, 4.69) is 10.6 Å². The second-order valence-corrected chi connectivity index (χ2v) is 5.91. The van der Waals surface area contributed by atoms with Gasteiger partial charge in [-0.3, -0.25) is 9.59 Å². The molecular weight excluding hydrogens is 308 g/mol. The van der Waals surface area contributed by atoms with Gasteiger partial charge in [0.25, 0.3) is 11.8 Å². The quantitative estimate of drug-likeness (QED) is 0.728. The molecule has 0 aliphatic rings. The third-order valence-corrected chi connectivity index (χ3v) is 3.50. The number of rotatable bonds is 7. The maximum absolute atomic E-state index is 12.1. The molecule has 0 bridgehead atoms. The molecule has 1 aromatic carbocycles. The number of nitrogens with one attached hydrogen (secondary N) is 2. The Morgan fingerprint density at radius 3 is 2.42 bits per heavy atom. The van der Waals surface area contributed by atoms with E-state index in [-0.39, 0.29) is 29.6 Å². The van der Waals surface area contributed by atoms with E-state index in [1.54, 1.807) is 43.3 Å². The van der Waals surface area contributed by atoms with Crippen molar-refractivity contribution in [2.75, 3.05) is 11.9 Å². The number of benzene rings is 1. The summed E-state index contributed by atoms with van der Waals surface area (Å²) < 4.78 is 5.02. The highest BCUT2D eigenvalue weighted by molar-refractivity contribution is 6.02. The van der Waals surface area contributed by atoms with E-state index in [1.807, 2.05) is 6.92 Å². The fraction of sp³-hybridized carbons (Fsp3) is 0.333. The number of carbonyl (C=O) groups is 2. The largest absolute Gasteiger partial charge is 0.459 e. The van der Waals surface area contributed by atoms with Crippen LogP contribution in [0.2, 0.25) is 0 Å². The van der Waals surface area contributed by atoms with Gasteiger partial charge in [0, 0.05) is 17.8 Å². The van der Waals surface area contributed by atoms with Crippen molar-refractivity contribution in [3.05, 3.63) is 54.0 Å². The SMILES string of the molecule is CC(O)CC(C)CNC(=O)c1ccc(NC(=O)c2ccco2)cc1. The molecule has 24 heavy (non-hydrogen) atoms. The van der Waals surface area contributed by atoms with Gasteiger partial charge in [0.05, 0.1) is 12.4 Å². The van der Waals surface area contributed by atoms with E-state index < -0.39 is 0 Å². The van der Waals surface area contributed by atoms with E-state index in [0.29, 0.717) is 24.2 Å². The molecule has 2 atom stereocenters. The monoisotopic (exact) mass is 330 g/mol. The topological polar surface area (TPSA) is 91.6 Å². The molecule has 2 aromatic rings. The summed E-state index contributed by atoms with van der Waals surface area (Å²) in [5.74, 6) is -0.106. The average molecular weight is 330 g/mol. The minimum Gasteiger partial charge on any atom is -0.459 e. The van der Waals surface area contributed by atoms with Crippen LogP contribution in [0.3, 0.4) is 0 Å². The minimum atomic E-state index is -0.381. The number of amides is 2. The van der Waals surface area contributed by atoms with E-state index in [9.17, 15) is 14.7 Å². The van der Waals surface area contributed by atoms with Crippen LogP contribution in [-0.2, 0) is 0 Å². The summed E-state index contributed by atoms with van der Waals surface area (Å²) in [7, 11) is 0. The molecule has 1 heterocycles. The van der Waals surface area contributed by atoms with Crippen molar-refractivity contribution in [2.24, 2.45) is 5.92 Å². The van der Waals surface area contributed by atoms with E-state index in [0.717, 1.165) is 0 Å². The molecule has 3 N–H and O–H groups in total. The van der Waals surface area contributed by atoms with Crippen LogP contribution in [-0.4, -0.2) is 29.6 Å². The molecule has 6 nitrogen and oxygen atoms in total. The van der Waals surface area contributed by atoms with Crippen LogP contribution in [0.4, 0.5) is 5.69 Å². The molecule has 1 aromatic heterocycles. The smallest absolute Gasteiger partial charge is 0.291 e. The molecule has 0 saturated heterocycles. The van der Waals surface area contributed by atoms with Crippen molar-refractivity contribution in [3.8, 4) is 0 Å². The number of anilines is 1. The zero-order valence-electron chi connectivity index (χ0n) is 13.8. The van der Waals surface area contributed by atoms with Gasteiger partial charge >= 0.3 is 0 Å². The third-order valence-electron chi connectivity index (χ3n) is 3.50. The molecule has 0 fully saturated rings. The Morgan fingerprint density at radius 1 is 1.12 bits per heavy atom. The van der Waals surface area contributed by atoms with Gasteiger partial charge in [-0.25, -0.2) is 0 Å². The van der Waals surface area contributed by atoms with Crippen molar-refractivity contribution in [1.29, 1.82) is 0 Å². The highest BCUT2D eigenvalue weighted by Crippen LogP contribution is 2.12. The van der Waals surface area contributed by atoms with Crippen LogP contribution in [0.15, 0.2) is 47.1 Å². The van der Waals surface area contributed by atoms with Crippen LogP contribution in [0, 0.1) is 5.92 Å². The molecule has 2 amide bonds. The molecule has 0 spiro atoms. The summed E-state index contributed by atoms with van der Waals surface area (Å²) in [6, 6.07) is 9.83. The molecule has 0 aliphatic carbocycles.